The summed E-state index contributed by atoms with van der Waals surface area (Å²) in [7, 11) is 0. The second-order valence-electron chi connectivity index (χ2n) is 8.47. The van der Waals surface area contributed by atoms with Gasteiger partial charge < -0.3 is 15.1 Å². The summed E-state index contributed by atoms with van der Waals surface area (Å²) in [5.74, 6) is -0.344. The molecule has 1 N–H and O–H groups in total. The molecule has 1 fully saturated rings. The summed E-state index contributed by atoms with van der Waals surface area (Å²) < 4.78 is 0. The molecule has 0 atom stereocenters. The molecule has 2 amide bonds. The summed E-state index contributed by atoms with van der Waals surface area (Å²) in [5, 5.41) is 2.89. The van der Waals surface area contributed by atoms with Crippen LogP contribution >= 0.6 is 0 Å². The van der Waals surface area contributed by atoms with Crippen LogP contribution in [0.15, 0.2) is 42.7 Å². The standard InChI is InChI=1S/C23H30N4O2/c1-5-26-10-12-27(13-11-26)22(29)18-14-17(15-24-16-18)21(28)25-20-8-6-19(7-9-20)23(2,3)4/h6-9,14-16H,5,10-13H2,1-4H3,(H,25,28). The zero-order chi connectivity index (χ0) is 21.0. The lowest BCUT2D eigenvalue weighted by Crippen LogP contribution is -2.48. The Hall–Kier alpha value is -2.73. The quantitative estimate of drug-likeness (QED) is 0.863. The number of carbonyl (C=O) groups is 2. The summed E-state index contributed by atoms with van der Waals surface area (Å²) in [5.41, 5.74) is 2.81. The van der Waals surface area contributed by atoms with Gasteiger partial charge in [0, 0.05) is 44.3 Å². The molecule has 1 aliphatic rings. The molecule has 0 radical (unpaired) electrons. The minimum atomic E-state index is -0.272. The first kappa shape index (κ1) is 21.0. The van der Waals surface area contributed by atoms with Crippen LogP contribution in [0, 0.1) is 0 Å². The van der Waals surface area contributed by atoms with E-state index >= 15 is 0 Å². The molecule has 154 valence electrons. The number of pyridine rings is 1. The van der Waals surface area contributed by atoms with Crippen LogP contribution in [0.3, 0.4) is 0 Å². The zero-order valence-electron chi connectivity index (χ0n) is 17.7. The van der Waals surface area contributed by atoms with Gasteiger partial charge in [-0.05, 0) is 35.7 Å². The van der Waals surface area contributed by atoms with Crippen molar-refractivity contribution in [3.63, 3.8) is 0 Å². The molecule has 6 heteroatoms. The maximum absolute atomic E-state index is 12.8. The minimum Gasteiger partial charge on any atom is -0.336 e. The topological polar surface area (TPSA) is 65.5 Å². The Morgan fingerprint density at radius 2 is 1.62 bits per heavy atom. The van der Waals surface area contributed by atoms with Crippen molar-refractivity contribution in [2.75, 3.05) is 38.0 Å². The number of rotatable bonds is 4. The molecule has 0 bridgehead atoms. The van der Waals surface area contributed by atoms with Crippen molar-refractivity contribution in [1.82, 2.24) is 14.8 Å². The molecule has 0 aliphatic carbocycles. The van der Waals surface area contributed by atoms with Crippen LogP contribution in [0.25, 0.3) is 0 Å². The number of nitrogens with zero attached hydrogens (tertiary/aromatic N) is 3. The molecule has 0 spiro atoms. The van der Waals surface area contributed by atoms with Gasteiger partial charge in [0.2, 0.25) is 0 Å². The third-order valence-corrected chi connectivity index (χ3v) is 5.36. The number of anilines is 1. The van der Waals surface area contributed by atoms with Gasteiger partial charge in [-0.25, -0.2) is 0 Å². The van der Waals surface area contributed by atoms with Crippen molar-refractivity contribution < 1.29 is 9.59 Å². The molecule has 0 unspecified atom stereocenters. The highest BCUT2D eigenvalue weighted by Crippen LogP contribution is 2.23. The molecule has 29 heavy (non-hydrogen) atoms. The number of amides is 2. The van der Waals surface area contributed by atoms with E-state index in [4.69, 9.17) is 0 Å². The van der Waals surface area contributed by atoms with E-state index in [0.29, 0.717) is 24.2 Å². The van der Waals surface area contributed by atoms with E-state index in [1.807, 2.05) is 29.2 Å². The Labute approximate surface area is 172 Å². The van der Waals surface area contributed by atoms with Crippen LogP contribution < -0.4 is 5.32 Å². The van der Waals surface area contributed by atoms with Crippen LogP contribution in [-0.2, 0) is 5.41 Å². The molecule has 1 aliphatic heterocycles. The van der Waals surface area contributed by atoms with Gasteiger partial charge in [-0.2, -0.15) is 0 Å². The van der Waals surface area contributed by atoms with Gasteiger partial charge in [0.1, 0.15) is 0 Å². The van der Waals surface area contributed by atoms with E-state index < -0.39 is 0 Å². The van der Waals surface area contributed by atoms with E-state index in [1.54, 1.807) is 6.07 Å². The number of hydrogen-bond donors (Lipinski definition) is 1. The van der Waals surface area contributed by atoms with Crippen LogP contribution in [0.4, 0.5) is 5.69 Å². The third kappa shape index (κ3) is 5.21. The summed E-state index contributed by atoms with van der Waals surface area (Å²) in [6.07, 6.45) is 3.02. The second kappa shape index (κ2) is 8.74. The Morgan fingerprint density at radius 1 is 1.00 bits per heavy atom. The number of piperazine rings is 1. The van der Waals surface area contributed by atoms with Crippen LogP contribution in [0.1, 0.15) is 54.0 Å². The maximum Gasteiger partial charge on any atom is 0.257 e. The normalized spacial score (nSPS) is 15.2. The Kier molecular flexibility index (Phi) is 6.33. The van der Waals surface area contributed by atoms with E-state index in [0.717, 1.165) is 25.3 Å². The average molecular weight is 395 g/mol. The molecule has 2 heterocycles. The smallest absolute Gasteiger partial charge is 0.257 e. The second-order valence-corrected chi connectivity index (χ2v) is 8.47. The van der Waals surface area contributed by atoms with E-state index in [1.165, 1.54) is 18.0 Å². The predicted octanol–water partition coefficient (Wildman–Crippen LogP) is 3.41. The number of hydrogen-bond acceptors (Lipinski definition) is 4. The first-order chi connectivity index (χ1) is 13.8. The fourth-order valence-electron chi connectivity index (χ4n) is 3.39. The highest BCUT2D eigenvalue weighted by atomic mass is 16.2. The van der Waals surface area contributed by atoms with Crippen LogP contribution in [0.2, 0.25) is 0 Å². The van der Waals surface area contributed by atoms with Gasteiger partial charge in [0.25, 0.3) is 11.8 Å². The maximum atomic E-state index is 12.8. The van der Waals surface area contributed by atoms with Gasteiger partial charge in [-0.15, -0.1) is 0 Å². The Morgan fingerprint density at radius 3 is 2.21 bits per heavy atom. The SMILES string of the molecule is CCN1CCN(C(=O)c2cncc(C(=O)Nc3ccc(C(C)(C)C)cc3)c2)CC1. The highest BCUT2D eigenvalue weighted by Gasteiger charge is 2.22. The van der Waals surface area contributed by atoms with Crippen molar-refractivity contribution in [3.05, 3.63) is 59.4 Å². The molecule has 3 rings (SSSR count). The molecule has 1 aromatic carbocycles. The van der Waals surface area contributed by atoms with Crippen LogP contribution in [0.5, 0.6) is 0 Å². The fraction of sp³-hybridized carbons (Fsp3) is 0.435. The van der Waals surface area contributed by atoms with Crippen molar-refractivity contribution in [1.29, 1.82) is 0 Å². The number of likely N-dealkylation sites (N-methyl/N-ethyl adjacent to an activating group) is 1. The van der Waals surface area contributed by atoms with E-state index in [-0.39, 0.29) is 17.2 Å². The molecular weight excluding hydrogens is 364 g/mol. The predicted molar refractivity (Wildman–Crippen MR) is 115 cm³/mol. The molecular formula is C23H30N4O2. The number of nitrogens with one attached hydrogen (secondary N) is 1. The highest BCUT2D eigenvalue weighted by molar-refractivity contribution is 6.05. The largest absolute Gasteiger partial charge is 0.336 e. The minimum absolute atomic E-state index is 0.0593. The van der Waals surface area contributed by atoms with Gasteiger partial charge in [-0.1, -0.05) is 39.8 Å². The Balaban J connectivity index is 1.67. The molecule has 2 aromatic rings. The van der Waals surface area contributed by atoms with Crippen molar-refractivity contribution in [3.8, 4) is 0 Å². The van der Waals surface area contributed by atoms with Crippen LogP contribution in [-0.4, -0.2) is 59.3 Å². The van der Waals surface area contributed by atoms with Crippen molar-refractivity contribution in [2.24, 2.45) is 0 Å². The summed E-state index contributed by atoms with van der Waals surface area (Å²) in [6.45, 7) is 12.7. The van der Waals surface area contributed by atoms with Crippen molar-refractivity contribution in [2.45, 2.75) is 33.1 Å². The molecule has 1 saturated heterocycles. The molecule has 6 nitrogen and oxygen atoms in total. The number of aromatic nitrogens is 1. The lowest BCUT2D eigenvalue weighted by atomic mass is 9.87. The van der Waals surface area contributed by atoms with E-state index in [9.17, 15) is 9.59 Å². The zero-order valence-corrected chi connectivity index (χ0v) is 17.7. The first-order valence-corrected chi connectivity index (χ1v) is 10.2. The Bertz CT molecular complexity index is 863. The van der Waals surface area contributed by atoms with Gasteiger partial charge in [-0.3, -0.25) is 14.6 Å². The average Bonchev–Trinajstić information content (AvgIpc) is 2.73. The fourth-order valence-corrected chi connectivity index (χ4v) is 3.39. The van der Waals surface area contributed by atoms with Gasteiger partial charge in [0.15, 0.2) is 0 Å². The van der Waals surface area contributed by atoms with Gasteiger partial charge in [0.05, 0.1) is 11.1 Å². The lowest BCUT2D eigenvalue weighted by Gasteiger charge is -2.34. The number of carbonyl (C=O) groups excluding carboxylic acids is 2. The van der Waals surface area contributed by atoms with Gasteiger partial charge >= 0.3 is 0 Å². The lowest BCUT2D eigenvalue weighted by molar-refractivity contribution is 0.0643. The summed E-state index contributed by atoms with van der Waals surface area (Å²) in [6, 6.07) is 9.45. The summed E-state index contributed by atoms with van der Waals surface area (Å²) >= 11 is 0. The molecule has 0 saturated carbocycles. The first-order valence-electron chi connectivity index (χ1n) is 10.2. The third-order valence-electron chi connectivity index (χ3n) is 5.36. The van der Waals surface area contributed by atoms with Crippen molar-refractivity contribution >= 4 is 17.5 Å². The number of benzene rings is 1. The van der Waals surface area contributed by atoms with E-state index in [2.05, 4.69) is 42.9 Å². The molecule has 1 aromatic heterocycles. The monoisotopic (exact) mass is 394 g/mol. The summed E-state index contributed by atoms with van der Waals surface area (Å²) in [4.78, 5) is 33.7.